The summed E-state index contributed by atoms with van der Waals surface area (Å²) in [6.07, 6.45) is 89.5. The van der Waals surface area contributed by atoms with Crippen LogP contribution in [0.2, 0.25) is 0 Å². The number of carbonyl (C=O) groups is 2. The van der Waals surface area contributed by atoms with Crippen molar-refractivity contribution in [1.29, 1.82) is 0 Å². The summed E-state index contributed by atoms with van der Waals surface area (Å²) in [5.41, 5.74) is 0. The highest BCUT2D eigenvalue weighted by Gasteiger charge is 2.20. The van der Waals surface area contributed by atoms with E-state index in [0.717, 1.165) is 44.9 Å². The van der Waals surface area contributed by atoms with Crippen molar-refractivity contribution in [3.8, 4) is 0 Å². The molecule has 0 heterocycles. The number of esters is 1. The van der Waals surface area contributed by atoms with Gasteiger partial charge in [0.05, 0.1) is 25.4 Å². The predicted octanol–water partition coefficient (Wildman–Crippen LogP) is 24.1. The van der Waals surface area contributed by atoms with Crippen LogP contribution in [0.1, 0.15) is 418 Å². The van der Waals surface area contributed by atoms with Crippen molar-refractivity contribution in [2.24, 2.45) is 0 Å². The van der Waals surface area contributed by atoms with Crippen molar-refractivity contribution >= 4 is 11.9 Å². The van der Waals surface area contributed by atoms with E-state index >= 15 is 0 Å². The van der Waals surface area contributed by atoms with Gasteiger partial charge in [0, 0.05) is 12.8 Å². The van der Waals surface area contributed by atoms with Gasteiger partial charge in [0.2, 0.25) is 5.91 Å². The van der Waals surface area contributed by atoms with Gasteiger partial charge in [-0.05, 0) is 77.0 Å². The highest BCUT2D eigenvalue weighted by Crippen LogP contribution is 2.19. The Morgan fingerprint density at radius 2 is 0.580 bits per heavy atom. The molecule has 0 aliphatic rings. The number of hydrogen-bond donors (Lipinski definition) is 3. The maximum Gasteiger partial charge on any atom is 0.305 e. The number of unbranched alkanes of at least 4 members (excludes halogenated alkanes) is 55. The number of aliphatic hydroxyl groups excluding tert-OH is 2. The second-order valence-electron chi connectivity index (χ2n) is 25.6. The molecule has 0 saturated carbocycles. The van der Waals surface area contributed by atoms with Crippen LogP contribution < -0.4 is 5.32 Å². The zero-order chi connectivity index (χ0) is 58.5. The number of rotatable bonds is 70. The molecule has 0 saturated heterocycles. The molecule has 2 atom stereocenters. The first-order chi connectivity index (χ1) is 40.0. The van der Waals surface area contributed by atoms with E-state index in [9.17, 15) is 19.8 Å². The lowest BCUT2D eigenvalue weighted by Crippen LogP contribution is -2.45. The molecule has 0 rings (SSSR count). The van der Waals surface area contributed by atoms with E-state index in [1.54, 1.807) is 0 Å². The minimum atomic E-state index is -0.665. The molecule has 0 spiro atoms. The van der Waals surface area contributed by atoms with Crippen molar-refractivity contribution < 1.29 is 24.5 Å². The Hall–Kier alpha value is -1.66. The minimum absolute atomic E-state index is 0.0139. The van der Waals surface area contributed by atoms with E-state index in [0.29, 0.717) is 25.9 Å². The van der Waals surface area contributed by atoms with Crippen LogP contribution >= 0.6 is 0 Å². The molecular formula is C75H145NO5. The van der Waals surface area contributed by atoms with Crippen molar-refractivity contribution in [3.05, 3.63) is 24.3 Å². The maximum atomic E-state index is 12.5. The number of carbonyl (C=O) groups excluding carboxylic acids is 2. The van der Waals surface area contributed by atoms with Gasteiger partial charge in [-0.1, -0.05) is 353 Å². The third-order valence-corrected chi connectivity index (χ3v) is 17.5. The fraction of sp³-hybridized carbons (Fsp3) is 0.920. The van der Waals surface area contributed by atoms with Crippen LogP contribution in [0, 0.1) is 0 Å². The molecule has 81 heavy (non-hydrogen) atoms. The smallest absolute Gasteiger partial charge is 0.305 e. The average molecular weight is 1140 g/mol. The van der Waals surface area contributed by atoms with Crippen LogP contribution in [0.25, 0.3) is 0 Å². The molecule has 0 aliphatic heterocycles. The summed E-state index contributed by atoms with van der Waals surface area (Å²) >= 11 is 0. The van der Waals surface area contributed by atoms with Crippen molar-refractivity contribution in [1.82, 2.24) is 5.32 Å². The quantitative estimate of drug-likeness (QED) is 0.0320. The second-order valence-corrected chi connectivity index (χ2v) is 25.6. The van der Waals surface area contributed by atoms with Gasteiger partial charge in [0.1, 0.15) is 0 Å². The van der Waals surface area contributed by atoms with Gasteiger partial charge in [-0.2, -0.15) is 0 Å². The molecule has 0 fully saturated rings. The van der Waals surface area contributed by atoms with Gasteiger partial charge in [0.15, 0.2) is 0 Å². The van der Waals surface area contributed by atoms with Crippen LogP contribution in [0.5, 0.6) is 0 Å². The van der Waals surface area contributed by atoms with Crippen molar-refractivity contribution in [3.63, 3.8) is 0 Å². The lowest BCUT2D eigenvalue weighted by molar-refractivity contribution is -0.143. The molecule has 2 unspecified atom stereocenters. The zero-order valence-corrected chi connectivity index (χ0v) is 55.0. The zero-order valence-electron chi connectivity index (χ0n) is 55.0. The lowest BCUT2D eigenvalue weighted by Gasteiger charge is -2.22. The average Bonchev–Trinajstić information content (AvgIpc) is 3.47. The summed E-state index contributed by atoms with van der Waals surface area (Å²) < 4.78 is 5.51. The van der Waals surface area contributed by atoms with Gasteiger partial charge < -0.3 is 20.3 Å². The molecule has 0 aromatic rings. The first-order valence-electron chi connectivity index (χ1n) is 37.1. The summed E-state index contributed by atoms with van der Waals surface area (Å²) in [6.45, 7) is 4.99. The van der Waals surface area contributed by atoms with E-state index in [-0.39, 0.29) is 18.5 Å². The van der Waals surface area contributed by atoms with Crippen LogP contribution in [0.4, 0.5) is 0 Å². The molecule has 0 aliphatic carbocycles. The number of allylic oxidation sites excluding steroid dienone is 4. The Morgan fingerprint density at radius 3 is 0.877 bits per heavy atom. The third-order valence-electron chi connectivity index (χ3n) is 17.5. The molecule has 0 radical (unpaired) electrons. The van der Waals surface area contributed by atoms with E-state index in [4.69, 9.17) is 4.74 Å². The molecular weight excluding hydrogens is 995 g/mol. The van der Waals surface area contributed by atoms with Gasteiger partial charge in [-0.25, -0.2) is 0 Å². The number of ether oxygens (including phenoxy) is 1. The van der Waals surface area contributed by atoms with E-state index in [1.807, 2.05) is 0 Å². The maximum absolute atomic E-state index is 12.5. The number of amides is 1. The SMILES string of the molecule is CCCCCCCCC/C=C\CCCCCCCCCC(=O)OCCCCCCCCCCCCCC/C=C\CCCCCCCCCCCCCCC(=O)NC(CO)C(O)CCCCCCCCCCCCCCCCCCCC. The summed E-state index contributed by atoms with van der Waals surface area (Å²) in [5, 5.41) is 23.4. The van der Waals surface area contributed by atoms with Crippen LogP contribution in [-0.4, -0.2) is 47.4 Å². The van der Waals surface area contributed by atoms with Crippen molar-refractivity contribution in [2.45, 2.75) is 431 Å². The van der Waals surface area contributed by atoms with E-state index in [2.05, 4.69) is 43.5 Å². The Labute approximate surface area is 507 Å². The van der Waals surface area contributed by atoms with E-state index < -0.39 is 12.1 Å². The van der Waals surface area contributed by atoms with E-state index in [1.165, 1.54) is 340 Å². The Morgan fingerprint density at radius 1 is 0.333 bits per heavy atom. The molecule has 0 aromatic carbocycles. The number of hydrogen-bond acceptors (Lipinski definition) is 5. The second kappa shape index (κ2) is 70.8. The summed E-state index contributed by atoms with van der Waals surface area (Å²) in [5.74, 6) is -0.0170. The van der Waals surface area contributed by atoms with Gasteiger partial charge >= 0.3 is 5.97 Å². The number of nitrogens with one attached hydrogen (secondary N) is 1. The highest BCUT2D eigenvalue weighted by molar-refractivity contribution is 5.76. The molecule has 6 heteroatoms. The molecule has 0 bridgehead atoms. The first kappa shape index (κ1) is 79.3. The molecule has 6 nitrogen and oxygen atoms in total. The molecule has 1 amide bonds. The van der Waals surface area contributed by atoms with Gasteiger partial charge in [-0.3, -0.25) is 9.59 Å². The fourth-order valence-corrected chi connectivity index (χ4v) is 11.8. The highest BCUT2D eigenvalue weighted by atomic mass is 16.5. The molecule has 0 aromatic heterocycles. The van der Waals surface area contributed by atoms with Crippen LogP contribution in [0.15, 0.2) is 24.3 Å². The topological polar surface area (TPSA) is 95.9 Å². The fourth-order valence-electron chi connectivity index (χ4n) is 11.8. The van der Waals surface area contributed by atoms with Crippen LogP contribution in [0.3, 0.4) is 0 Å². The number of aliphatic hydroxyl groups is 2. The predicted molar refractivity (Wildman–Crippen MR) is 356 cm³/mol. The largest absolute Gasteiger partial charge is 0.466 e. The minimum Gasteiger partial charge on any atom is -0.466 e. The monoisotopic (exact) mass is 1140 g/mol. The van der Waals surface area contributed by atoms with Crippen molar-refractivity contribution in [2.75, 3.05) is 13.2 Å². The standard InChI is InChI=1S/C75H145NO5/c1-3-5-7-9-11-13-15-17-19-21-35-39-43-47-51-55-59-63-67-73(78)72(71-77)76-74(79)68-64-60-56-52-48-44-40-36-33-31-29-27-25-23-24-26-28-30-32-34-38-42-46-50-54-58-62-66-70-81-75(80)69-65-61-57-53-49-45-41-37-22-20-18-16-14-12-10-8-6-4-2/h20,22-24,72-73,77-78H,3-19,21,25-71H2,1-2H3,(H,76,79)/b22-20-,24-23-. The Balaban J connectivity index is 3.36. The Kier molecular flexibility index (Phi) is 69.4. The Bertz CT molecular complexity index is 1270. The summed E-state index contributed by atoms with van der Waals surface area (Å²) in [7, 11) is 0. The normalized spacial score (nSPS) is 12.6. The summed E-state index contributed by atoms with van der Waals surface area (Å²) in [6, 6.07) is -0.542. The van der Waals surface area contributed by atoms with Crippen LogP contribution in [-0.2, 0) is 14.3 Å². The molecule has 480 valence electrons. The first-order valence-corrected chi connectivity index (χ1v) is 37.1. The van der Waals surface area contributed by atoms with Gasteiger partial charge in [-0.15, -0.1) is 0 Å². The third kappa shape index (κ3) is 67.3. The summed E-state index contributed by atoms with van der Waals surface area (Å²) in [4.78, 5) is 24.6. The molecule has 3 N–H and O–H groups in total. The van der Waals surface area contributed by atoms with Gasteiger partial charge in [0.25, 0.3) is 0 Å². The lowest BCUT2D eigenvalue weighted by atomic mass is 10.0.